The number of ether oxygens (including phenoxy) is 1. The van der Waals surface area contributed by atoms with Crippen molar-refractivity contribution < 1.29 is 13.9 Å². The van der Waals surface area contributed by atoms with E-state index in [-0.39, 0.29) is 5.97 Å². The molecule has 0 amide bonds. The molecule has 5 nitrogen and oxygen atoms in total. The van der Waals surface area contributed by atoms with Gasteiger partial charge >= 0.3 is 5.97 Å². The summed E-state index contributed by atoms with van der Waals surface area (Å²) < 4.78 is 10.2. The summed E-state index contributed by atoms with van der Waals surface area (Å²) in [7, 11) is 0. The van der Waals surface area contributed by atoms with Crippen LogP contribution in [0.4, 0.5) is 5.69 Å². The minimum atomic E-state index is -0.351. The molecule has 0 aliphatic rings. The highest BCUT2D eigenvalue weighted by Crippen LogP contribution is 2.12. The summed E-state index contributed by atoms with van der Waals surface area (Å²) in [5.74, 6) is 0.440. The zero-order chi connectivity index (χ0) is 15.1. The van der Waals surface area contributed by atoms with E-state index in [1.807, 2.05) is 18.2 Å². The lowest BCUT2D eigenvalue weighted by molar-refractivity contribution is 0.0526. The van der Waals surface area contributed by atoms with Gasteiger partial charge in [-0.1, -0.05) is 6.07 Å². The summed E-state index contributed by atoms with van der Waals surface area (Å²) in [5.41, 5.74) is 1.20. The van der Waals surface area contributed by atoms with E-state index >= 15 is 0 Å². The quantitative estimate of drug-likeness (QED) is 0.654. The molecule has 0 aliphatic heterocycles. The molecule has 0 spiro atoms. The Hall–Kier alpha value is -2.34. The van der Waals surface area contributed by atoms with Gasteiger partial charge in [0.05, 0.1) is 25.0 Å². The molecule has 0 unspecified atom stereocenters. The third kappa shape index (κ3) is 4.61. The van der Waals surface area contributed by atoms with Crippen LogP contribution in [-0.2, 0) is 11.3 Å². The van der Waals surface area contributed by atoms with Crippen molar-refractivity contribution in [1.29, 1.82) is 0 Å². The predicted molar refractivity (Wildman–Crippen MR) is 84.2 cm³/mol. The zero-order valence-electron chi connectivity index (χ0n) is 11.6. The van der Waals surface area contributed by atoms with Crippen LogP contribution in [0.15, 0.2) is 47.1 Å². The van der Waals surface area contributed by atoms with Crippen LogP contribution < -0.4 is 10.6 Å². The SMILES string of the molecule is CCOC(=O)c1cccc(NC(=S)NCc2ccco2)c1. The lowest BCUT2D eigenvalue weighted by Gasteiger charge is -2.10. The molecular formula is C15H16N2O3S. The average molecular weight is 304 g/mol. The first-order valence-electron chi connectivity index (χ1n) is 6.53. The molecule has 21 heavy (non-hydrogen) atoms. The minimum Gasteiger partial charge on any atom is -0.467 e. The molecular weight excluding hydrogens is 288 g/mol. The topological polar surface area (TPSA) is 63.5 Å². The molecule has 0 bridgehead atoms. The Morgan fingerprint density at radius 1 is 1.33 bits per heavy atom. The van der Waals surface area contributed by atoms with Crippen molar-refractivity contribution in [3.05, 3.63) is 54.0 Å². The summed E-state index contributed by atoms with van der Waals surface area (Å²) in [6.07, 6.45) is 1.61. The van der Waals surface area contributed by atoms with E-state index in [1.54, 1.807) is 31.4 Å². The summed E-state index contributed by atoms with van der Waals surface area (Å²) >= 11 is 5.19. The second-order valence-corrected chi connectivity index (χ2v) is 4.60. The van der Waals surface area contributed by atoms with E-state index in [0.29, 0.717) is 23.8 Å². The number of thiocarbonyl (C=S) groups is 1. The number of benzene rings is 1. The van der Waals surface area contributed by atoms with Crippen LogP contribution in [-0.4, -0.2) is 17.7 Å². The Bertz CT molecular complexity index is 611. The van der Waals surface area contributed by atoms with Crippen LogP contribution >= 0.6 is 12.2 Å². The zero-order valence-corrected chi connectivity index (χ0v) is 12.4. The molecule has 0 fully saturated rings. The van der Waals surface area contributed by atoms with Gasteiger partial charge in [-0.25, -0.2) is 4.79 Å². The number of nitrogens with one attached hydrogen (secondary N) is 2. The first kappa shape index (κ1) is 15.1. The van der Waals surface area contributed by atoms with Crippen LogP contribution in [0.1, 0.15) is 23.0 Å². The van der Waals surface area contributed by atoms with Crippen molar-refractivity contribution in [3.8, 4) is 0 Å². The Balaban J connectivity index is 1.91. The van der Waals surface area contributed by atoms with Crippen LogP contribution in [0.3, 0.4) is 0 Å². The first-order valence-corrected chi connectivity index (χ1v) is 6.94. The van der Waals surface area contributed by atoms with Crippen LogP contribution in [0, 0.1) is 0 Å². The van der Waals surface area contributed by atoms with Gasteiger partial charge in [0.2, 0.25) is 0 Å². The lowest BCUT2D eigenvalue weighted by atomic mass is 10.2. The largest absolute Gasteiger partial charge is 0.467 e. The fourth-order valence-corrected chi connectivity index (χ4v) is 1.88. The molecule has 0 saturated carbocycles. The lowest BCUT2D eigenvalue weighted by Crippen LogP contribution is -2.27. The van der Waals surface area contributed by atoms with Gasteiger partial charge in [0.15, 0.2) is 5.11 Å². The fraction of sp³-hybridized carbons (Fsp3) is 0.200. The second-order valence-electron chi connectivity index (χ2n) is 4.19. The number of carbonyl (C=O) groups is 1. The smallest absolute Gasteiger partial charge is 0.338 e. The van der Waals surface area contributed by atoms with Crippen molar-refractivity contribution in [2.45, 2.75) is 13.5 Å². The Morgan fingerprint density at radius 2 is 2.19 bits per heavy atom. The molecule has 1 heterocycles. The highest BCUT2D eigenvalue weighted by molar-refractivity contribution is 7.80. The number of anilines is 1. The van der Waals surface area contributed by atoms with Gasteiger partial charge < -0.3 is 19.8 Å². The van der Waals surface area contributed by atoms with E-state index < -0.39 is 0 Å². The third-order valence-electron chi connectivity index (χ3n) is 2.63. The molecule has 110 valence electrons. The summed E-state index contributed by atoms with van der Waals surface area (Å²) in [6, 6.07) is 10.7. The fourth-order valence-electron chi connectivity index (χ4n) is 1.69. The maximum Gasteiger partial charge on any atom is 0.338 e. The third-order valence-corrected chi connectivity index (χ3v) is 2.88. The van der Waals surface area contributed by atoms with Crippen molar-refractivity contribution in [3.63, 3.8) is 0 Å². The van der Waals surface area contributed by atoms with Gasteiger partial charge in [0.1, 0.15) is 5.76 Å². The number of furan rings is 1. The van der Waals surface area contributed by atoms with E-state index in [1.165, 1.54) is 0 Å². The number of carbonyl (C=O) groups excluding carboxylic acids is 1. The van der Waals surface area contributed by atoms with Gasteiger partial charge in [0, 0.05) is 5.69 Å². The Morgan fingerprint density at radius 3 is 2.90 bits per heavy atom. The van der Waals surface area contributed by atoms with Crippen molar-refractivity contribution in [1.82, 2.24) is 5.32 Å². The van der Waals surface area contributed by atoms with Gasteiger partial charge in [-0.15, -0.1) is 0 Å². The molecule has 2 N–H and O–H groups in total. The van der Waals surface area contributed by atoms with Crippen LogP contribution in [0.25, 0.3) is 0 Å². The molecule has 0 saturated heterocycles. The highest BCUT2D eigenvalue weighted by Gasteiger charge is 2.07. The maximum atomic E-state index is 11.7. The summed E-state index contributed by atoms with van der Waals surface area (Å²) in [5, 5.41) is 6.48. The summed E-state index contributed by atoms with van der Waals surface area (Å²) in [6.45, 7) is 2.61. The number of esters is 1. The number of hydrogen-bond donors (Lipinski definition) is 2. The second kappa shape index (κ2) is 7.44. The molecule has 6 heteroatoms. The van der Waals surface area contributed by atoms with Crippen molar-refractivity contribution in [2.24, 2.45) is 0 Å². The minimum absolute atomic E-state index is 0.347. The molecule has 2 rings (SSSR count). The number of rotatable bonds is 5. The molecule has 2 aromatic rings. The van der Waals surface area contributed by atoms with Gasteiger partial charge in [-0.05, 0) is 49.5 Å². The van der Waals surface area contributed by atoms with Gasteiger partial charge in [-0.3, -0.25) is 0 Å². The van der Waals surface area contributed by atoms with E-state index in [0.717, 1.165) is 11.4 Å². The van der Waals surface area contributed by atoms with Crippen LogP contribution in [0.5, 0.6) is 0 Å². The van der Waals surface area contributed by atoms with Gasteiger partial charge in [-0.2, -0.15) is 0 Å². The van der Waals surface area contributed by atoms with Gasteiger partial charge in [0.25, 0.3) is 0 Å². The molecule has 1 aromatic heterocycles. The van der Waals surface area contributed by atoms with Crippen LogP contribution in [0.2, 0.25) is 0 Å². The summed E-state index contributed by atoms with van der Waals surface area (Å²) in [4.78, 5) is 11.7. The monoisotopic (exact) mass is 304 g/mol. The predicted octanol–water partition coefficient (Wildman–Crippen LogP) is 2.94. The van der Waals surface area contributed by atoms with E-state index in [2.05, 4.69) is 10.6 Å². The van der Waals surface area contributed by atoms with E-state index in [4.69, 9.17) is 21.4 Å². The Kier molecular flexibility index (Phi) is 5.34. The average Bonchev–Trinajstić information content (AvgIpc) is 2.99. The first-order chi connectivity index (χ1) is 10.2. The highest BCUT2D eigenvalue weighted by atomic mass is 32.1. The Labute approximate surface area is 128 Å². The van der Waals surface area contributed by atoms with Crippen molar-refractivity contribution >= 4 is 29.0 Å². The molecule has 0 aliphatic carbocycles. The molecule has 1 aromatic carbocycles. The molecule has 0 atom stereocenters. The van der Waals surface area contributed by atoms with Crippen molar-refractivity contribution in [2.75, 3.05) is 11.9 Å². The standard InChI is InChI=1S/C15H16N2O3S/c1-2-19-14(18)11-5-3-6-12(9-11)17-15(21)16-10-13-7-4-8-20-13/h3-9H,2,10H2,1H3,(H2,16,17,21). The van der Waals surface area contributed by atoms with E-state index in [9.17, 15) is 4.79 Å². The normalized spacial score (nSPS) is 9.95. The maximum absolute atomic E-state index is 11.7. The molecule has 0 radical (unpaired) electrons. The number of hydrogen-bond acceptors (Lipinski definition) is 4.